The van der Waals surface area contributed by atoms with Crippen LogP contribution in [0.4, 0.5) is 9.50 Å². The molecule has 0 aromatic heterocycles. The molecule has 0 saturated carbocycles. The van der Waals surface area contributed by atoms with Crippen molar-refractivity contribution >= 4 is 78.1 Å². The first-order valence-corrected chi connectivity index (χ1v) is 0.651. The summed E-state index contributed by atoms with van der Waals surface area (Å²) >= 11 is 0. The Bertz CT molecular complexity index is 37.9. The second-order valence-electron chi connectivity index (χ2n) is 0.283. The molecule has 0 rings (SSSR count). The molecule has 0 bridgehead atoms. The molecule has 0 amide bonds. The third kappa shape index (κ3) is 97.8. The van der Waals surface area contributed by atoms with Gasteiger partial charge >= 0.3 is 78.1 Å². The van der Waals surface area contributed by atoms with Crippen molar-refractivity contribution in [1.82, 2.24) is 0 Å². The average Bonchev–Trinajstić information content (AvgIpc) is 0.811. The molecular weight excluding hydrogens is 241 g/mol. The van der Waals surface area contributed by atoms with Gasteiger partial charge in [0.1, 0.15) is 0 Å². The largest absolute Gasteiger partial charge is 0.316 e. The van der Waals surface area contributed by atoms with Gasteiger partial charge in [-0.3, -0.25) is 4.70 Å². The minimum absolute atomic E-state index is 0. The first kappa shape index (κ1) is 23.6. The van der Waals surface area contributed by atoms with Gasteiger partial charge in [0, 0.05) is 0 Å². The van der Waals surface area contributed by atoms with E-state index in [2.05, 4.69) is 0 Å². The van der Waals surface area contributed by atoms with E-state index < -0.39 is 6.16 Å². The number of carboxylic acid groups (broad SMARTS) is 2. The second kappa shape index (κ2) is 15.6. The number of hydrogen-bond acceptors (Lipinski definition) is 1. The molecule has 0 aliphatic carbocycles. The van der Waals surface area contributed by atoms with Gasteiger partial charge in [-0.1, -0.05) is 0 Å². The summed E-state index contributed by atoms with van der Waals surface area (Å²) in [6, 6.07) is 0. The monoisotopic (exact) mass is 248 g/mol. The molecule has 2 N–H and O–H groups in total. The van der Waals surface area contributed by atoms with E-state index in [1.807, 2.05) is 0 Å². The molecule has 0 atom stereocenters. The van der Waals surface area contributed by atoms with Gasteiger partial charge in [0.2, 0.25) is 0 Å². The Morgan fingerprint density at radius 1 is 1.29 bits per heavy atom. The Hall–Kier alpha value is 1.54. The molecule has 0 radical (unpaired) electrons. The Kier molecular flexibility index (Phi) is 52.7. The van der Waals surface area contributed by atoms with Crippen molar-refractivity contribution in [2.45, 2.75) is 0 Å². The molecule has 0 saturated heterocycles. The fourth-order valence-electron chi connectivity index (χ4n) is 0. The van der Waals surface area contributed by atoms with Gasteiger partial charge < -0.3 is 10.2 Å². The molecule has 0 heterocycles. The Labute approximate surface area is 96.1 Å². The molecular formula is CH7BaFMgO3. The smallest absolute Gasteiger partial charge is 0.316 e. The van der Waals surface area contributed by atoms with Crippen LogP contribution >= 0.6 is 0 Å². The van der Waals surface area contributed by atoms with Crippen LogP contribution in [0.25, 0.3) is 0 Å². The van der Waals surface area contributed by atoms with E-state index in [1.54, 1.807) is 0 Å². The van der Waals surface area contributed by atoms with Crippen molar-refractivity contribution in [2.24, 2.45) is 0 Å². The zero-order valence-electron chi connectivity index (χ0n) is 2.21. The first-order chi connectivity index (χ1) is 1.73. The van der Waals surface area contributed by atoms with Crippen molar-refractivity contribution in [1.29, 1.82) is 0 Å². The summed E-state index contributed by atoms with van der Waals surface area (Å²) < 4.78 is 0. The fourth-order valence-corrected chi connectivity index (χ4v) is 0. The summed E-state index contributed by atoms with van der Waals surface area (Å²) in [6.45, 7) is 0. The average molecular weight is 248 g/mol. The van der Waals surface area contributed by atoms with Crippen LogP contribution in [-0.4, -0.2) is 88.3 Å². The van der Waals surface area contributed by atoms with Gasteiger partial charge in [0.05, 0.1) is 0 Å². The summed E-state index contributed by atoms with van der Waals surface area (Å²) in [7, 11) is 0. The number of hydrogen-bond donors (Lipinski definition) is 2. The minimum atomic E-state index is -1.83. The maximum atomic E-state index is 8.56. The van der Waals surface area contributed by atoms with Crippen LogP contribution in [0, 0.1) is 0 Å². The van der Waals surface area contributed by atoms with Gasteiger partial charge in [-0.25, -0.2) is 4.79 Å². The molecule has 0 unspecified atom stereocenters. The number of halogens is 1. The predicted molar refractivity (Wildman–Crippen MR) is 30.2 cm³/mol. The maximum absolute atomic E-state index is 8.56. The SMILES string of the molecule is F.O=C(O)O.[BaH2].[MgH2]. The summed E-state index contributed by atoms with van der Waals surface area (Å²) in [5.74, 6) is 0. The predicted octanol–water partition coefficient (Wildman–Crippen LogP) is -1.46. The van der Waals surface area contributed by atoms with Gasteiger partial charge in [0.15, 0.2) is 0 Å². The van der Waals surface area contributed by atoms with E-state index in [0.717, 1.165) is 0 Å². The maximum Gasteiger partial charge on any atom is 0.316 e. The van der Waals surface area contributed by atoms with E-state index in [-0.39, 0.29) is 76.6 Å². The zero-order chi connectivity index (χ0) is 3.58. The van der Waals surface area contributed by atoms with Gasteiger partial charge in [-0.15, -0.1) is 0 Å². The van der Waals surface area contributed by atoms with Crippen LogP contribution in [0.1, 0.15) is 0 Å². The number of carbonyl (C=O) groups is 1. The van der Waals surface area contributed by atoms with E-state index in [0.29, 0.717) is 0 Å². The van der Waals surface area contributed by atoms with E-state index in [9.17, 15) is 0 Å². The number of rotatable bonds is 0. The standard InChI is InChI=1S/CH2O3.Ba.FH.Mg.4H/c2-1(3)4;;;;;;;/h(H2,2,3,4);;1H;;;;;. The summed E-state index contributed by atoms with van der Waals surface area (Å²) in [5, 5.41) is 13.9. The summed E-state index contributed by atoms with van der Waals surface area (Å²) in [5.41, 5.74) is 0. The molecule has 0 aliphatic rings. The molecule has 0 spiro atoms. The molecule has 6 heteroatoms. The van der Waals surface area contributed by atoms with E-state index in [1.165, 1.54) is 0 Å². The van der Waals surface area contributed by atoms with Gasteiger partial charge in [-0.2, -0.15) is 0 Å². The third-order valence-corrected chi connectivity index (χ3v) is 0. The van der Waals surface area contributed by atoms with Crippen LogP contribution in [0.5, 0.6) is 0 Å². The molecule has 7 heavy (non-hydrogen) atoms. The first-order valence-electron chi connectivity index (χ1n) is 0.651. The molecule has 0 aromatic carbocycles. The van der Waals surface area contributed by atoms with Crippen molar-refractivity contribution in [2.75, 3.05) is 0 Å². The van der Waals surface area contributed by atoms with Gasteiger partial charge in [0.25, 0.3) is 0 Å². The van der Waals surface area contributed by atoms with Crippen LogP contribution in [0.2, 0.25) is 0 Å². The minimum Gasteiger partial charge on any atom is 0.316 e. The van der Waals surface area contributed by atoms with Crippen LogP contribution in [-0.2, 0) is 0 Å². The second-order valence-corrected chi connectivity index (χ2v) is 0.283. The van der Waals surface area contributed by atoms with Crippen LogP contribution < -0.4 is 0 Å². The summed E-state index contributed by atoms with van der Waals surface area (Å²) in [6.07, 6.45) is -1.83. The third-order valence-electron chi connectivity index (χ3n) is 0. The van der Waals surface area contributed by atoms with Gasteiger partial charge in [-0.05, 0) is 0 Å². The molecule has 0 fully saturated rings. The molecule has 0 aromatic rings. The van der Waals surface area contributed by atoms with Crippen LogP contribution in [0.3, 0.4) is 0 Å². The van der Waals surface area contributed by atoms with Crippen molar-refractivity contribution in [3.63, 3.8) is 0 Å². The Balaban J connectivity index is -0.0000000150. The van der Waals surface area contributed by atoms with Crippen molar-refractivity contribution in [3.8, 4) is 0 Å². The fraction of sp³-hybridized carbons (Fsp3) is 0. The van der Waals surface area contributed by atoms with Crippen molar-refractivity contribution < 1.29 is 19.7 Å². The molecule has 40 valence electrons. The summed E-state index contributed by atoms with van der Waals surface area (Å²) in [4.78, 5) is 8.56. The Morgan fingerprint density at radius 3 is 1.29 bits per heavy atom. The topological polar surface area (TPSA) is 57.5 Å². The normalized spacial score (nSPS) is 3.43. The van der Waals surface area contributed by atoms with E-state index in [4.69, 9.17) is 15.0 Å². The molecule has 3 nitrogen and oxygen atoms in total. The Morgan fingerprint density at radius 2 is 1.29 bits per heavy atom. The van der Waals surface area contributed by atoms with Crippen LogP contribution in [0.15, 0.2) is 0 Å². The molecule has 0 aliphatic heterocycles. The quantitative estimate of drug-likeness (QED) is 0.515. The zero-order valence-corrected chi connectivity index (χ0v) is 2.21. The van der Waals surface area contributed by atoms with E-state index >= 15 is 0 Å². The van der Waals surface area contributed by atoms with Crippen molar-refractivity contribution in [3.05, 3.63) is 0 Å².